The van der Waals surface area contributed by atoms with Crippen molar-refractivity contribution in [2.75, 3.05) is 23.8 Å². The average Bonchev–Trinajstić information content (AvgIpc) is 3.04. The Kier molecular flexibility index (Phi) is 2.52. The number of aromatic nitrogens is 2. The van der Waals surface area contributed by atoms with E-state index in [1.54, 1.807) is 6.33 Å². The zero-order valence-corrected chi connectivity index (χ0v) is 8.70. The molecule has 0 aliphatic heterocycles. The molecule has 0 amide bonds. The van der Waals surface area contributed by atoms with Crippen molar-refractivity contribution >= 4 is 11.6 Å². The maximum Gasteiger partial charge on any atom is 0.134 e. The first-order valence-corrected chi connectivity index (χ1v) is 5.11. The van der Waals surface area contributed by atoms with Crippen LogP contribution in [0.15, 0.2) is 12.4 Å². The van der Waals surface area contributed by atoms with Gasteiger partial charge in [-0.2, -0.15) is 0 Å². The summed E-state index contributed by atoms with van der Waals surface area (Å²) in [6.07, 6.45) is 4.21. The highest BCUT2D eigenvalue weighted by Gasteiger charge is 2.28. The molecule has 0 unspecified atom stereocenters. The molecule has 1 saturated carbocycles. The third-order valence-electron chi connectivity index (χ3n) is 2.53. The second kappa shape index (κ2) is 3.82. The van der Waals surface area contributed by atoms with Crippen LogP contribution in [0, 0.1) is 0 Å². The molecule has 1 N–H and O–H groups in total. The lowest BCUT2D eigenvalue weighted by atomic mass is 10.4. The topological polar surface area (TPSA) is 41.0 Å². The van der Waals surface area contributed by atoms with Crippen LogP contribution >= 0.6 is 0 Å². The van der Waals surface area contributed by atoms with E-state index in [0.717, 1.165) is 18.2 Å². The van der Waals surface area contributed by atoms with Gasteiger partial charge in [0.25, 0.3) is 0 Å². The van der Waals surface area contributed by atoms with Crippen LogP contribution in [0.2, 0.25) is 0 Å². The molecule has 0 radical (unpaired) electrons. The monoisotopic (exact) mass is 192 g/mol. The van der Waals surface area contributed by atoms with Gasteiger partial charge in [0.15, 0.2) is 0 Å². The van der Waals surface area contributed by atoms with Crippen LogP contribution in [-0.2, 0) is 0 Å². The molecule has 1 fully saturated rings. The normalized spacial score (nSPS) is 15.3. The number of hydrogen-bond donors (Lipinski definition) is 1. The van der Waals surface area contributed by atoms with Gasteiger partial charge in [0.1, 0.15) is 18.0 Å². The molecular weight excluding hydrogens is 176 g/mol. The summed E-state index contributed by atoms with van der Waals surface area (Å²) in [7, 11) is 1.87. The molecule has 0 saturated heterocycles. The SMILES string of the molecule is CCN(c1cc(NC)ncn1)C1CC1. The molecule has 4 heteroatoms. The summed E-state index contributed by atoms with van der Waals surface area (Å²) in [6, 6.07) is 2.71. The third-order valence-corrected chi connectivity index (χ3v) is 2.53. The quantitative estimate of drug-likeness (QED) is 0.785. The first kappa shape index (κ1) is 9.24. The minimum absolute atomic E-state index is 0.708. The first-order valence-electron chi connectivity index (χ1n) is 5.11. The number of hydrogen-bond acceptors (Lipinski definition) is 4. The standard InChI is InChI=1S/C10H16N4/c1-3-14(8-4-5-8)10-6-9(11-2)12-7-13-10/h6-8H,3-5H2,1-2H3,(H,11,12,13). The van der Waals surface area contributed by atoms with Crippen molar-refractivity contribution in [2.24, 2.45) is 0 Å². The van der Waals surface area contributed by atoms with E-state index in [4.69, 9.17) is 0 Å². The van der Waals surface area contributed by atoms with E-state index >= 15 is 0 Å². The fourth-order valence-corrected chi connectivity index (χ4v) is 1.63. The molecule has 2 rings (SSSR count). The summed E-state index contributed by atoms with van der Waals surface area (Å²) < 4.78 is 0. The Bertz CT molecular complexity index is 309. The molecule has 1 aromatic rings. The van der Waals surface area contributed by atoms with E-state index in [-0.39, 0.29) is 0 Å². The van der Waals surface area contributed by atoms with Gasteiger partial charge in [0, 0.05) is 25.7 Å². The molecule has 1 aliphatic carbocycles. The fourth-order valence-electron chi connectivity index (χ4n) is 1.63. The number of nitrogens with zero attached hydrogens (tertiary/aromatic N) is 3. The molecule has 4 nitrogen and oxygen atoms in total. The van der Waals surface area contributed by atoms with Crippen LogP contribution in [0.4, 0.5) is 11.6 Å². The third kappa shape index (κ3) is 1.78. The second-order valence-corrected chi connectivity index (χ2v) is 3.53. The highest BCUT2D eigenvalue weighted by Crippen LogP contribution is 2.30. The Morgan fingerprint density at radius 2 is 2.29 bits per heavy atom. The largest absolute Gasteiger partial charge is 0.373 e. The number of rotatable bonds is 4. The molecule has 1 aromatic heterocycles. The molecule has 0 bridgehead atoms. The number of nitrogens with one attached hydrogen (secondary N) is 1. The van der Waals surface area contributed by atoms with Gasteiger partial charge >= 0.3 is 0 Å². The predicted molar refractivity (Wildman–Crippen MR) is 57.6 cm³/mol. The van der Waals surface area contributed by atoms with Gasteiger partial charge in [-0.1, -0.05) is 0 Å². The van der Waals surface area contributed by atoms with Crippen LogP contribution in [0.5, 0.6) is 0 Å². The van der Waals surface area contributed by atoms with Crippen molar-refractivity contribution in [2.45, 2.75) is 25.8 Å². The van der Waals surface area contributed by atoms with Crippen LogP contribution in [0.25, 0.3) is 0 Å². The van der Waals surface area contributed by atoms with Crippen molar-refractivity contribution in [3.05, 3.63) is 12.4 Å². The Labute approximate surface area is 84.4 Å². The van der Waals surface area contributed by atoms with Gasteiger partial charge in [-0.15, -0.1) is 0 Å². The maximum absolute atomic E-state index is 4.29. The predicted octanol–water partition coefficient (Wildman–Crippen LogP) is 1.51. The van der Waals surface area contributed by atoms with Gasteiger partial charge in [-0.05, 0) is 19.8 Å². The highest BCUT2D eigenvalue weighted by molar-refractivity contribution is 5.49. The van der Waals surface area contributed by atoms with Gasteiger partial charge in [0.05, 0.1) is 0 Å². The smallest absolute Gasteiger partial charge is 0.134 e. The lowest BCUT2D eigenvalue weighted by Crippen LogP contribution is -2.26. The van der Waals surface area contributed by atoms with E-state index in [1.165, 1.54) is 12.8 Å². The molecule has 1 heterocycles. The zero-order chi connectivity index (χ0) is 9.97. The van der Waals surface area contributed by atoms with Crippen molar-refractivity contribution in [3.63, 3.8) is 0 Å². The van der Waals surface area contributed by atoms with Crippen molar-refractivity contribution in [3.8, 4) is 0 Å². The summed E-state index contributed by atoms with van der Waals surface area (Å²) in [5.74, 6) is 1.92. The van der Waals surface area contributed by atoms with E-state index < -0.39 is 0 Å². The molecule has 76 valence electrons. The molecule has 0 atom stereocenters. The minimum atomic E-state index is 0.708. The zero-order valence-electron chi connectivity index (χ0n) is 8.70. The van der Waals surface area contributed by atoms with Gasteiger partial charge in [0.2, 0.25) is 0 Å². The van der Waals surface area contributed by atoms with Crippen LogP contribution < -0.4 is 10.2 Å². The van der Waals surface area contributed by atoms with Gasteiger partial charge in [-0.3, -0.25) is 0 Å². The molecule has 1 aliphatic rings. The molecular formula is C10H16N4. The van der Waals surface area contributed by atoms with E-state index in [9.17, 15) is 0 Å². The summed E-state index contributed by atoms with van der Waals surface area (Å²) in [4.78, 5) is 10.7. The highest BCUT2D eigenvalue weighted by atomic mass is 15.2. The Hall–Kier alpha value is -1.32. The van der Waals surface area contributed by atoms with E-state index in [2.05, 4.69) is 27.1 Å². The Morgan fingerprint density at radius 1 is 1.50 bits per heavy atom. The molecule has 14 heavy (non-hydrogen) atoms. The van der Waals surface area contributed by atoms with Crippen molar-refractivity contribution in [1.82, 2.24) is 9.97 Å². The Balaban J connectivity index is 2.20. The first-order chi connectivity index (χ1) is 6.85. The minimum Gasteiger partial charge on any atom is -0.373 e. The summed E-state index contributed by atoms with van der Waals surface area (Å²) in [5.41, 5.74) is 0. The van der Waals surface area contributed by atoms with Gasteiger partial charge in [-0.25, -0.2) is 9.97 Å². The van der Waals surface area contributed by atoms with Crippen LogP contribution in [0.3, 0.4) is 0 Å². The lowest BCUT2D eigenvalue weighted by molar-refractivity contribution is 0.805. The van der Waals surface area contributed by atoms with Crippen molar-refractivity contribution < 1.29 is 0 Å². The summed E-state index contributed by atoms with van der Waals surface area (Å²) in [5, 5.41) is 3.03. The molecule has 0 aromatic carbocycles. The molecule has 0 spiro atoms. The van der Waals surface area contributed by atoms with Crippen LogP contribution in [-0.4, -0.2) is 29.6 Å². The van der Waals surface area contributed by atoms with E-state index in [1.807, 2.05) is 13.1 Å². The average molecular weight is 192 g/mol. The second-order valence-electron chi connectivity index (χ2n) is 3.53. The number of anilines is 2. The fraction of sp³-hybridized carbons (Fsp3) is 0.600. The Morgan fingerprint density at radius 3 is 2.86 bits per heavy atom. The summed E-state index contributed by atoms with van der Waals surface area (Å²) >= 11 is 0. The van der Waals surface area contributed by atoms with Gasteiger partial charge < -0.3 is 10.2 Å². The lowest BCUT2D eigenvalue weighted by Gasteiger charge is -2.21. The summed E-state index contributed by atoms with van der Waals surface area (Å²) in [6.45, 7) is 3.18. The van der Waals surface area contributed by atoms with E-state index in [0.29, 0.717) is 6.04 Å². The van der Waals surface area contributed by atoms with Crippen LogP contribution in [0.1, 0.15) is 19.8 Å². The van der Waals surface area contributed by atoms with Crippen molar-refractivity contribution in [1.29, 1.82) is 0 Å². The maximum atomic E-state index is 4.29.